The van der Waals surface area contributed by atoms with E-state index in [1.54, 1.807) is 24.3 Å². The first-order valence-electron chi connectivity index (χ1n) is 8.48. The fourth-order valence-corrected chi connectivity index (χ4v) is 3.69. The average molecular weight is 342 g/mol. The van der Waals surface area contributed by atoms with E-state index in [1.807, 2.05) is 19.1 Å². The van der Waals surface area contributed by atoms with E-state index in [0.717, 1.165) is 6.42 Å². The molecule has 2 aliphatic rings. The summed E-state index contributed by atoms with van der Waals surface area (Å²) >= 11 is 0. The Bertz CT molecular complexity index is 709. The van der Waals surface area contributed by atoms with Crippen LogP contribution in [0.5, 0.6) is 0 Å². The number of aliphatic carboxylic acids is 1. The minimum Gasteiger partial charge on any atom is -0.550 e. The number of carboxylic acids is 1. The highest BCUT2D eigenvalue weighted by molar-refractivity contribution is 5.97. The van der Waals surface area contributed by atoms with Crippen molar-refractivity contribution < 1.29 is 24.2 Å². The van der Waals surface area contributed by atoms with E-state index < -0.39 is 23.8 Å². The fourth-order valence-electron chi connectivity index (χ4n) is 3.69. The Balaban J connectivity index is 1.66. The lowest BCUT2D eigenvalue weighted by atomic mass is 9.82. The van der Waals surface area contributed by atoms with Crippen molar-refractivity contribution >= 4 is 23.5 Å². The van der Waals surface area contributed by atoms with Gasteiger partial charge in [0.1, 0.15) is 0 Å². The number of ether oxygens (including phenoxy) is 1. The van der Waals surface area contributed by atoms with Gasteiger partial charge in [-0.2, -0.15) is 0 Å². The van der Waals surface area contributed by atoms with Gasteiger partial charge in [0.2, 0.25) is 5.91 Å². The summed E-state index contributed by atoms with van der Waals surface area (Å²) in [6.07, 6.45) is 5.21. The molecule has 6 nitrogen and oxygen atoms in total. The van der Waals surface area contributed by atoms with Crippen LogP contribution < -0.4 is 10.4 Å². The predicted molar refractivity (Wildman–Crippen MR) is 88.4 cm³/mol. The maximum absolute atomic E-state index is 12.6. The number of carbonyl (C=O) groups excluding carboxylic acids is 3. The number of amides is 1. The number of benzene rings is 1. The summed E-state index contributed by atoms with van der Waals surface area (Å²) in [7, 11) is 0. The molecule has 0 saturated heterocycles. The Labute approximate surface area is 145 Å². The van der Waals surface area contributed by atoms with E-state index >= 15 is 0 Å². The highest BCUT2D eigenvalue weighted by atomic mass is 16.5. The van der Waals surface area contributed by atoms with Gasteiger partial charge in [-0.25, -0.2) is 4.79 Å². The van der Waals surface area contributed by atoms with Crippen LogP contribution in [0.4, 0.5) is 5.69 Å². The minimum absolute atomic E-state index is 0.0591. The highest BCUT2D eigenvalue weighted by Crippen LogP contribution is 2.48. The van der Waals surface area contributed by atoms with Gasteiger partial charge in [-0.05, 0) is 48.9 Å². The zero-order valence-electron chi connectivity index (χ0n) is 13.9. The van der Waals surface area contributed by atoms with Gasteiger partial charge in [-0.3, -0.25) is 4.79 Å². The molecule has 6 heteroatoms. The van der Waals surface area contributed by atoms with Gasteiger partial charge in [0.25, 0.3) is 0 Å². The largest absolute Gasteiger partial charge is 0.550 e. The quantitative estimate of drug-likeness (QED) is 0.622. The van der Waals surface area contributed by atoms with Crippen LogP contribution >= 0.6 is 0 Å². The number of esters is 1. The molecular weight excluding hydrogens is 322 g/mol. The molecule has 3 rings (SSSR count). The summed E-state index contributed by atoms with van der Waals surface area (Å²) in [5.74, 6) is -3.49. The number of carboxylic acid groups (broad SMARTS) is 1. The van der Waals surface area contributed by atoms with Gasteiger partial charge in [-0.15, -0.1) is 0 Å². The SMILES string of the molecule is CCCOC(=O)c1ccc(NC(=O)[C@@H]2[C@@H](C(=O)[O-])[C@@H]3C=C[C@@H]2C3)cc1. The third-order valence-electron chi connectivity index (χ3n) is 4.86. The molecule has 1 N–H and O–H groups in total. The van der Waals surface area contributed by atoms with Crippen LogP contribution in [0.25, 0.3) is 0 Å². The first-order valence-corrected chi connectivity index (χ1v) is 8.48. The molecule has 4 atom stereocenters. The number of hydrogen-bond acceptors (Lipinski definition) is 5. The van der Waals surface area contributed by atoms with E-state index in [2.05, 4.69) is 5.32 Å². The molecule has 0 heterocycles. The summed E-state index contributed by atoms with van der Waals surface area (Å²) in [6.45, 7) is 2.27. The first kappa shape index (κ1) is 17.2. The van der Waals surface area contributed by atoms with Crippen molar-refractivity contribution in [3.05, 3.63) is 42.0 Å². The van der Waals surface area contributed by atoms with Gasteiger partial charge < -0.3 is 20.0 Å². The van der Waals surface area contributed by atoms with Crippen LogP contribution in [0.1, 0.15) is 30.1 Å². The van der Waals surface area contributed by atoms with Gasteiger partial charge in [0, 0.05) is 17.6 Å². The van der Waals surface area contributed by atoms with E-state index in [1.165, 1.54) is 0 Å². The first-order chi connectivity index (χ1) is 12.0. The van der Waals surface area contributed by atoms with Crippen molar-refractivity contribution in [1.82, 2.24) is 0 Å². The van der Waals surface area contributed by atoms with Gasteiger partial charge >= 0.3 is 5.97 Å². The van der Waals surface area contributed by atoms with Crippen LogP contribution in [0, 0.1) is 23.7 Å². The number of hydrogen-bond donors (Lipinski definition) is 1. The molecule has 2 bridgehead atoms. The van der Waals surface area contributed by atoms with Crippen molar-refractivity contribution in [1.29, 1.82) is 0 Å². The molecule has 0 radical (unpaired) electrons. The van der Waals surface area contributed by atoms with E-state index in [4.69, 9.17) is 4.74 Å². The predicted octanol–water partition coefficient (Wildman–Crippen LogP) is 1.38. The summed E-state index contributed by atoms with van der Waals surface area (Å²) in [6, 6.07) is 6.37. The topological polar surface area (TPSA) is 95.5 Å². The Morgan fingerprint density at radius 1 is 1.12 bits per heavy atom. The van der Waals surface area contributed by atoms with Crippen LogP contribution in [0.15, 0.2) is 36.4 Å². The molecule has 1 aromatic rings. The van der Waals surface area contributed by atoms with Crippen LogP contribution in [0.3, 0.4) is 0 Å². The number of allylic oxidation sites excluding steroid dienone is 2. The molecule has 1 fully saturated rings. The Morgan fingerprint density at radius 2 is 1.76 bits per heavy atom. The number of fused-ring (bicyclic) bond motifs is 2. The van der Waals surface area contributed by atoms with Crippen LogP contribution in [-0.2, 0) is 14.3 Å². The third-order valence-corrected chi connectivity index (χ3v) is 4.86. The zero-order chi connectivity index (χ0) is 18.0. The maximum Gasteiger partial charge on any atom is 0.338 e. The molecule has 25 heavy (non-hydrogen) atoms. The van der Waals surface area contributed by atoms with E-state index in [-0.39, 0.29) is 17.7 Å². The summed E-state index contributed by atoms with van der Waals surface area (Å²) in [5, 5.41) is 14.1. The molecule has 0 aromatic heterocycles. The van der Waals surface area contributed by atoms with Crippen molar-refractivity contribution in [3.8, 4) is 0 Å². The number of carbonyl (C=O) groups is 3. The van der Waals surface area contributed by atoms with Gasteiger partial charge in [0.15, 0.2) is 0 Å². The maximum atomic E-state index is 12.6. The minimum atomic E-state index is -1.17. The molecule has 0 spiro atoms. The monoisotopic (exact) mass is 342 g/mol. The number of rotatable bonds is 6. The normalized spacial score (nSPS) is 26.4. The van der Waals surface area contributed by atoms with Crippen LogP contribution in [0.2, 0.25) is 0 Å². The molecule has 1 saturated carbocycles. The van der Waals surface area contributed by atoms with Crippen molar-refractivity contribution in [2.45, 2.75) is 19.8 Å². The lowest BCUT2D eigenvalue weighted by Gasteiger charge is -2.27. The third kappa shape index (κ3) is 3.43. The second-order valence-corrected chi connectivity index (χ2v) is 6.52. The molecule has 2 aliphatic carbocycles. The second-order valence-electron chi connectivity index (χ2n) is 6.52. The lowest BCUT2D eigenvalue weighted by molar-refractivity contribution is -0.313. The summed E-state index contributed by atoms with van der Waals surface area (Å²) in [5.41, 5.74) is 0.919. The fraction of sp³-hybridized carbons (Fsp3) is 0.421. The van der Waals surface area contributed by atoms with E-state index in [0.29, 0.717) is 24.3 Å². The van der Waals surface area contributed by atoms with Crippen molar-refractivity contribution in [2.75, 3.05) is 11.9 Å². The Kier molecular flexibility index (Phi) is 4.88. The summed E-state index contributed by atoms with van der Waals surface area (Å²) < 4.78 is 5.05. The highest BCUT2D eigenvalue weighted by Gasteiger charge is 2.48. The van der Waals surface area contributed by atoms with Crippen molar-refractivity contribution in [3.63, 3.8) is 0 Å². The smallest absolute Gasteiger partial charge is 0.338 e. The molecular formula is C19H20NO5-. The number of nitrogens with one attached hydrogen (secondary N) is 1. The zero-order valence-corrected chi connectivity index (χ0v) is 13.9. The second kappa shape index (κ2) is 7.09. The van der Waals surface area contributed by atoms with Gasteiger partial charge in [0.05, 0.1) is 18.1 Å². The average Bonchev–Trinajstić information content (AvgIpc) is 3.21. The molecule has 1 amide bonds. The molecule has 1 aromatic carbocycles. The lowest BCUT2D eigenvalue weighted by Crippen LogP contribution is -2.42. The standard InChI is InChI=1S/C19H21NO5/c1-2-9-25-19(24)11-5-7-14(8-6-11)20-17(21)15-12-3-4-13(10-12)16(15)18(22)23/h3-8,12-13,15-16H,2,9-10H2,1H3,(H,20,21)(H,22,23)/p-1/t12-,13-,15+,16+/m1/s1. The Morgan fingerprint density at radius 3 is 2.36 bits per heavy atom. The molecule has 0 unspecified atom stereocenters. The van der Waals surface area contributed by atoms with Crippen LogP contribution in [-0.4, -0.2) is 24.5 Å². The molecule has 132 valence electrons. The summed E-state index contributed by atoms with van der Waals surface area (Å²) in [4.78, 5) is 35.7. The Hall–Kier alpha value is -2.63. The van der Waals surface area contributed by atoms with Gasteiger partial charge in [-0.1, -0.05) is 19.1 Å². The number of anilines is 1. The van der Waals surface area contributed by atoms with E-state index in [9.17, 15) is 19.5 Å². The molecule has 0 aliphatic heterocycles. The van der Waals surface area contributed by atoms with Crippen molar-refractivity contribution in [2.24, 2.45) is 23.7 Å².